The predicted molar refractivity (Wildman–Crippen MR) is 137 cm³/mol. The Balaban J connectivity index is 1.10. The van der Waals surface area contributed by atoms with Crippen molar-refractivity contribution in [2.45, 2.75) is 45.3 Å². The zero-order chi connectivity index (χ0) is 25.3. The number of nitrogens with zero attached hydrogens (tertiary/aromatic N) is 2. The highest BCUT2D eigenvalue weighted by Gasteiger charge is 2.57. The van der Waals surface area contributed by atoms with Gasteiger partial charge in [0.2, 0.25) is 0 Å². The van der Waals surface area contributed by atoms with Crippen molar-refractivity contribution in [1.29, 1.82) is 0 Å². The van der Waals surface area contributed by atoms with Crippen LogP contribution in [0.3, 0.4) is 0 Å². The van der Waals surface area contributed by atoms with Gasteiger partial charge in [-0.05, 0) is 47.7 Å². The standard InChI is InChI=1S/C27H30F2N4O2S/c1-17-24(36-26(30-2)32-17)25(34)31-13-18-3-5-19(6-4-18)14-33-10-9-20-11-23(8-7-21(20)15-33)35-16-22-12-27(22,28)29/h3-8,11,22H,9-10,12-16H2,1-2H3,(H,30,32)(H,31,34). The van der Waals surface area contributed by atoms with Crippen molar-refractivity contribution >= 4 is 22.4 Å². The number of hydrogen-bond donors (Lipinski definition) is 2. The zero-order valence-electron chi connectivity index (χ0n) is 20.4. The maximum Gasteiger partial charge on any atom is 0.263 e. The molecule has 1 aromatic heterocycles. The summed E-state index contributed by atoms with van der Waals surface area (Å²) in [7, 11) is 1.79. The lowest BCUT2D eigenvalue weighted by Crippen LogP contribution is -2.30. The van der Waals surface area contributed by atoms with Gasteiger partial charge in [0.15, 0.2) is 5.13 Å². The highest BCUT2D eigenvalue weighted by molar-refractivity contribution is 7.17. The molecule has 1 aliphatic heterocycles. The number of aryl methyl sites for hydroxylation is 1. The second-order valence-electron chi connectivity index (χ2n) is 9.55. The van der Waals surface area contributed by atoms with Gasteiger partial charge in [-0.25, -0.2) is 13.8 Å². The van der Waals surface area contributed by atoms with Crippen molar-refractivity contribution in [1.82, 2.24) is 15.2 Å². The van der Waals surface area contributed by atoms with Crippen LogP contribution in [0.25, 0.3) is 0 Å². The Morgan fingerprint density at radius 2 is 1.94 bits per heavy atom. The lowest BCUT2D eigenvalue weighted by Gasteiger charge is -2.29. The Kier molecular flexibility index (Phi) is 6.94. The molecule has 2 N–H and O–H groups in total. The fraction of sp³-hybridized carbons (Fsp3) is 0.407. The molecule has 1 atom stereocenters. The Morgan fingerprint density at radius 1 is 1.19 bits per heavy atom. The van der Waals surface area contributed by atoms with Gasteiger partial charge in [-0.2, -0.15) is 0 Å². The molecular formula is C27H30F2N4O2S. The number of rotatable bonds is 9. The summed E-state index contributed by atoms with van der Waals surface area (Å²) >= 11 is 1.35. The number of ether oxygens (including phenoxy) is 1. The number of fused-ring (bicyclic) bond motifs is 1. The fourth-order valence-electron chi connectivity index (χ4n) is 4.46. The van der Waals surface area contributed by atoms with Crippen LogP contribution in [0.5, 0.6) is 5.75 Å². The van der Waals surface area contributed by atoms with E-state index >= 15 is 0 Å². The van der Waals surface area contributed by atoms with Crippen LogP contribution in [0.15, 0.2) is 42.5 Å². The number of amides is 1. The van der Waals surface area contributed by atoms with Crippen molar-refractivity contribution in [3.05, 3.63) is 75.3 Å². The van der Waals surface area contributed by atoms with E-state index in [2.05, 4.69) is 50.8 Å². The number of benzene rings is 2. The first-order valence-electron chi connectivity index (χ1n) is 12.2. The van der Waals surface area contributed by atoms with E-state index in [1.165, 1.54) is 28.0 Å². The Bertz CT molecular complexity index is 1250. The molecule has 1 amide bonds. The third kappa shape index (κ3) is 5.68. The number of anilines is 1. The summed E-state index contributed by atoms with van der Waals surface area (Å²) in [4.78, 5) is 19.9. The molecule has 1 unspecified atom stereocenters. The molecule has 2 aliphatic rings. The quantitative estimate of drug-likeness (QED) is 0.422. The van der Waals surface area contributed by atoms with E-state index in [-0.39, 0.29) is 18.9 Å². The molecule has 1 fully saturated rings. The average molecular weight is 513 g/mol. The molecule has 1 aliphatic carbocycles. The maximum absolute atomic E-state index is 13.1. The minimum atomic E-state index is -2.54. The first-order chi connectivity index (χ1) is 17.3. The molecule has 2 heterocycles. The van der Waals surface area contributed by atoms with Gasteiger partial charge in [0.1, 0.15) is 10.6 Å². The van der Waals surface area contributed by atoms with Crippen LogP contribution in [0.2, 0.25) is 0 Å². The van der Waals surface area contributed by atoms with Gasteiger partial charge in [-0.15, -0.1) is 0 Å². The number of aromatic nitrogens is 1. The molecule has 9 heteroatoms. The number of carbonyl (C=O) groups is 1. The van der Waals surface area contributed by atoms with Gasteiger partial charge < -0.3 is 15.4 Å². The van der Waals surface area contributed by atoms with E-state index in [0.717, 1.165) is 42.4 Å². The summed E-state index contributed by atoms with van der Waals surface area (Å²) < 4.78 is 31.8. The molecule has 0 saturated heterocycles. The lowest BCUT2D eigenvalue weighted by molar-refractivity contribution is 0.0855. The largest absolute Gasteiger partial charge is 0.493 e. The predicted octanol–water partition coefficient (Wildman–Crippen LogP) is 5.02. The minimum absolute atomic E-state index is 0.0627. The summed E-state index contributed by atoms with van der Waals surface area (Å²) in [6.07, 6.45) is 0.843. The van der Waals surface area contributed by atoms with E-state index in [0.29, 0.717) is 17.2 Å². The molecule has 5 rings (SSSR count). The Morgan fingerprint density at radius 3 is 2.64 bits per heavy atom. The molecule has 190 valence electrons. The van der Waals surface area contributed by atoms with Crippen LogP contribution < -0.4 is 15.4 Å². The van der Waals surface area contributed by atoms with Crippen LogP contribution >= 0.6 is 11.3 Å². The molecule has 0 radical (unpaired) electrons. The van der Waals surface area contributed by atoms with Crippen LogP contribution in [-0.4, -0.2) is 41.9 Å². The van der Waals surface area contributed by atoms with Crippen LogP contribution in [0.4, 0.5) is 13.9 Å². The summed E-state index contributed by atoms with van der Waals surface area (Å²) in [5, 5.41) is 6.68. The maximum atomic E-state index is 13.1. The Labute approximate surface area is 213 Å². The van der Waals surface area contributed by atoms with E-state index in [1.807, 2.05) is 19.1 Å². The number of alkyl halides is 2. The van der Waals surface area contributed by atoms with E-state index in [1.54, 1.807) is 7.05 Å². The normalized spacial score (nSPS) is 18.4. The minimum Gasteiger partial charge on any atom is -0.493 e. The molecular weight excluding hydrogens is 482 g/mol. The van der Waals surface area contributed by atoms with Gasteiger partial charge in [0.05, 0.1) is 18.2 Å². The first kappa shape index (κ1) is 24.6. The van der Waals surface area contributed by atoms with Crippen molar-refractivity contribution < 1.29 is 18.3 Å². The third-order valence-electron chi connectivity index (χ3n) is 6.77. The van der Waals surface area contributed by atoms with E-state index in [4.69, 9.17) is 4.74 Å². The van der Waals surface area contributed by atoms with Gasteiger partial charge in [0, 0.05) is 39.6 Å². The van der Waals surface area contributed by atoms with Crippen molar-refractivity contribution in [3.8, 4) is 5.75 Å². The number of thiazole rings is 1. The summed E-state index contributed by atoms with van der Waals surface area (Å²) in [6.45, 7) is 5.00. The monoisotopic (exact) mass is 512 g/mol. The van der Waals surface area contributed by atoms with Crippen molar-refractivity contribution in [2.24, 2.45) is 5.92 Å². The number of hydrogen-bond acceptors (Lipinski definition) is 6. The molecule has 1 saturated carbocycles. The first-order valence-corrected chi connectivity index (χ1v) is 13.0. The molecule has 6 nitrogen and oxygen atoms in total. The van der Waals surface area contributed by atoms with Crippen molar-refractivity contribution in [2.75, 3.05) is 25.5 Å². The average Bonchev–Trinajstić information content (AvgIpc) is 3.31. The van der Waals surface area contributed by atoms with Crippen molar-refractivity contribution in [3.63, 3.8) is 0 Å². The molecule has 3 aromatic rings. The zero-order valence-corrected chi connectivity index (χ0v) is 21.3. The molecule has 0 bridgehead atoms. The third-order valence-corrected chi connectivity index (χ3v) is 7.95. The van der Waals surface area contributed by atoms with Gasteiger partial charge >= 0.3 is 0 Å². The highest BCUT2D eigenvalue weighted by Crippen LogP contribution is 2.48. The molecule has 36 heavy (non-hydrogen) atoms. The number of nitrogens with one attached hydrogen (secondary N) is 2. The molecule has 2 aromatic carbocycles. The summed E-state index contributed by atoms with van der Waals surface area (Å²) in [5.74, 6) is -2.61. The SMILES string of the molecule is CNc1nc(C)c(C(=O)NCc2ccc(CN3CCc4cc(OCC5CC5(F)F)ccc4C3)cc2)s1. The van der Waals surface area contributed by atoms with E-state index in [9.17, 15) is 13.6 Å². The summed E-state index contributed by atoms with van der Waals surface area (Å²) in [6, 6.07) is 14.3. The van der Waals surface area contributed by atoms with Gasteiger partial charge in [0.25, 0.3) is 11.8 Å². The highest BCUT2D eigenvalue weighted by atomic mass is 32.1. The van der Waals surface area contributed by atoms with Crippen LogP contribution in [0, 0.1) is 12.8 Å². The second-order valence-corrected chi connectivity index (χ2v) is 10.5. The lowest BCUT2D eigenvalue weighted by atomic mass is 9.99. The number of carbonyl (C=O) groups excluding carboxylic acids is 1. The smallest absolute Gasteiger partial charge is 0.263 e. The molecule has 0 spiro atoms. The van der Waals surface area contributed by atoms with E-state index < -0.39 is 11.8 Å². The van der Waals surface area contributed by atoms with Crippen LogP contribution in [-0.2, 0) is 26.1 Å². The second kappa shape index (κ2) is 10.1. The Hall–Kier alpha value is -3.04. The fourth-order valence-corrected chi connectivity index (χ4v) is 5.29. The summed E-state index contributed by atoms with van der Waals surface area (Å²) in [5.41, 5.74) is 5.48. The van der Waals surface area contributed by atoms with Gasteiger partial charge in [-0.3, -0.25) is 9.69 Å². The topological polar surface area (TPSA) is 66.5 Å². The van der Waals surface area contributed by atoms with Crippen LogP contribution in [0.1, 0.15) is 44.0 Å². The van der Waals surface area contributed by atoms with Gasteiger partial charge in [-0.1, -0.05) is 41.7 Å². The number of halogens is 2.